The Morgan fingerprint density at radius 1 is 1.21 bits per heavy atom. The molecule has 1 N–H and O–H groups in total. The van der Waals surface area contributed by atoms with Crippen molar-refractivity contribution in [2.75, 3.05) is 33.8 Å². The number of fused-ring (bicyclic) bond motifs is 1. The van der Waals surface area contributed by atoms with E-state index in [1.165, 1.54) is 18.9 Å². The van der Waals surface area contributed by atoms with E-state index in [9.17, 15) is 18.0 Å². The normalized spacial score (nSPS) is 27.0. The summed E-state index contributed by atoms with van der Waals surface area (Å²) in [6.07, 6.45) is 0.307. The maximum Gasteiger partial charge on any atom is 0.416 e. The van der Waals surface area contributed by atoms with E-state index in [4.69, 9.17) is 14.6 Å². The monoisotopic (exact) mass is 470 g/mol. The lowest BCUT2D eigenvalue weighted by Gasteiger charge is -2.41. The zero-order valence-corrected chi connectivity index (χ0v) is 19.1. The summed E-state index contributed by atoms with van der Waals surface area (Å²) in [4.78, 5) is 25.3. The molecule has 1 saturated heterocycles. The van der Waals surface area contributed by atoms with Gasteiger partial charge in [0.05, 0.1) is 18.1 Å². The van der Waals surface area contributed by atoms with Crippen molar-refractivity contribution in [1.29, 1.82) is 0 Å². The van der Waals surface area contributed by atoms with Crippen LogP contribution in [0.3, 0.4) is 0 Å². The van der Waals surface area contributed by atoms with Gasteiger partial charge in [-0.25, -0.2) is 0 Å². The first-order valence-corrected chi connectivity index (χ1v) is 11.4. The molecular formula is C24H33F3N2O4. The Bertz CT molecular complexity index is 813. The topological polar surface area (TPSA) is 70.1 Å². The van der Waals surface area contributed by atoms with Crippen molar-refractivity contribution >= 4 is 12.4 Å². The Kier molecular flexibility index (Phi) is 8.39. The Balaban J connectivity index is 0.000000968. The smallest absolute Gasteiger partial charge is 0.416 e. The third-order valence-electron chi connectivity index (χ3n) is 6.95. The highest BCUT2D eigenvalue weighted by Gasteiger charge is 2.44. The SMILES string of the molecule is CN(C)[C@@H]1C[C@@H]2CN(C(=O)Cc3cccc(C(F)(F)F)c3)C[C@@H]2C[C@H]1OCC1CC1.O=CO. The van der Waals surface area contributed by atoms with Crippen molar-refractivity contribution in [2.45, 2.75) is 50.4 Å². The summed E-state index contributed by atoms with van der Waals surface area (Å²) < 4.78 is 45.1. The van der Waals surface area contributed by atoms with Crippen LogP contribution in [0.25, 0.3) is 0 Å². The molecule has 3 aliphatic rings. The fraction of sp³-hybridized carbons (Fsp3) is 0.667. The van der Waals surface area contributed by atoms with Crippen LogP contribution in [0.2, 0.25) is 0 Å². The second-order valence-electron chi connectivity index (χ2n) is 9.62. The van der Waals surface area contributed by atoms with Crippen LogP contribution in [0.4, 0.5) is 13.2 Å². The van der Waals surface area contributed by atoms with Crippen LogP contribution >= 0.6 is 0 Å². The van der Waals surface area contributed by atoms with Gasteiger partial charge in [0.25, 0.3) is 6.47 Å². The molecule has 1 aromatic carbocycles. The lowest BCUT2D eigenvalue weighted by molar-refractivity contribution is -0.138. The molecule has 2 aliphatic carbocycles. The summed E-state index contributed by atoms with van der Waals surface area (Å²) >= 11 is 0. The lowest BCUT2D eigenvalue weighted by Crippen LogP contribution is -2.48. The average Bonchev–Trinajstić information content (AvgIpc) is 3.48. The minimum absolute atomic E-state index is 0.0160. The highest BCUT2D eigenvalue weighted by Crippen LogP contribution is 2.40. The summed E-state index contributed by atoms with van der Waals surface area (Å²) in [5.74, 6) is 1.49. The summed E-state index contributed by atoms with van der Waals surface area (Å²) in [5, 5.41) is 6.89. The first-order valence-electron chi connectivity index (χ1n) is 11.4. The van der Waals surface area contributed by atoms with Crippen LogP contribution in [0.15, 0.2) is 24.3 Å². The molecule has 184 valence electrons. The van der Waals surface area contributed by atoms with Crippen molar-refractivity contribution in [3.8, 4) is 0 Å². The number of amides is 1. The minimum Gasteiger partial charge on any atom is -0.483 e. The summed E-state index contributed by atoms with van der Waals surface area (Å²) in [6, 6.07) is 5.45. The van der Waals surface area contributed by atoms with E-state index in [-0.39, 0.29) is 24.9 Å². The van der Waals surface area contributed by atoms with E-state index in [0.29, 0.717) is 36.5 Å². The molecule has 0 unspecified atom stereocenters. The molecule has 4 rings (SSSR count). The molecule has 0 bridgehead atoms. The number of benzene rings is 1. The molecule has 1 heterocycles. The van der Waals surface area contributed by atoms with Crippen molar-refractivity contribution in [1.82, 2.24) is 9.80 Å². The van der Waals surface area contributed by atoms with Crippen LogP contribution < -0.4 is 0 Å². The van der Waals surface area contributed by atoms with Crippen LogP contribution in [0.5, 0.6) is 0 Å². The average molecular weight is 471 g/mol. The highest BCUT2D eigenvalue weighted by molar-refractivity contribution is 5.79. The molecular weight excluding hydrogens is 437 g/mol. The van der Waals surface area contributed by atoms with Gasteiger partial charge in [0.1, 0.15) is 0 Å². The highest BCUT2D eigenvalue weighted by atomic mass is 19.4. The molecule has 33 heavy (non-hydrogen) atoms. The first kappa shape index (κ1) is 25.5. The zero-order chi connectivity index (χ0) is 24.2. The molecule has 3 fully saturated rings. The standard InChI is InChI=1S/C23H31F3N2O2.CH2O2/c1-27(2)20-10-17-12-28(13-18(17)11-21(20)30-14-15-6-7-15)22(29)9-16-4-3-5-19(8-16)23(24,25)26;2-1-3/h3-5,8,15,17-18,20-21H,6-7,9-14H2,1-2H3;1H,(H,2,3)/t17-,18+,20-,21-;/m1./s1. The second kappa shape index (κ2) is 10.9. The van der Waals surface area contributed by atoms with E-state index in [0.717, 1.165) is 37.5 Å². The van der Waals surface area contributed by atoms with Gasteiger partial charge in [-0.2, -0.15) is 13.2 Å². The van der Waals surface area contributed by atoms with E-state index >= 15 is 0 Å². The van der Waals surface area contributed by atoms with E-state index in [1.54, 1.807) is 6.07 Å². The number of carbonyl (C=O) groups is 2. The Morgan fingerprint density at radius 3 is 2.42 bits per heavy atom. The van der Waals surface area contributed by atoms with Crippen LogP contribution in [-0.4, -0.2) is 73.2 Å². The largest absolute Gasteiger partial charge is 0.483 e. The fourth-order valence-corrected chi connectivity index (χ4v) is 5.00. The van der Waals surface area contributed by atoms with Crippen molar-refractivity contribution in [2.24, 2.45) is 17.8 Å². The predicted octanol–water partition coefficient (Wildman–Crippen LogP) is 3.54. The van der Waals surface area contributed by atoms with Gasteiger partial charge in [0.2, 0.25) is 5.91 Å². The van der Waals surface area contributed by atoms with Crippen LogP contribution in [0.1, 0.15) is 36.8 Å². The van der Waals surface area contributed by atoms with Crippen molar-refractivity contribution in [3.63, 3.8) is 0 Å². The van der Waals surface area contributed by atoms with E-state index < -0.39 is 11.7 Å². The molecule has 0 radical (unpaired) electrons. The van der Waals surface area contributed by atoms with Gasteiger partial charge >= 0.3 is 6.18 Å². The number of likely N-dealkylation sites (tertiary alicyclic amines) is 1. The summed E-state index contributed by atoms with van der Waals surface area (Å²) in [7, 11) is 4.17. The number of likely N-dealkylation sites (N-methyl/N-ethyl adjacent to an activating group) is 1. The molecule has 6 nitrogen and oxygen atoms in total. The lowest BCUT2D eigenvalue weighted by atomic mass is 9.77. The Morgan fingerprint density at radius 2 is 1.85 bits per heavy atom. The molecule has 0 spiro atoms. The van der Waals surface area contributed by atoms with Gasteiger partial charge in [-0.1, -0.05) is 18.2 Å². The van der Waals surface area contributed by atoms with Crippen LogP contribution in [0, 0.1) is 17.8 Å². The molecule has 4 atom stereocenters. The third-order valence-corrected chi connectivity index (χ3v) is 6.95. The Hall–Kier alpha value is -2.13. The number of alkyl halides is 3. The predicted molar refractivity (Wildman–Crippen MR) is 117 cm³/mol. The number of rotatable bonds is 6. The van der Waals surface area contributed by atoms with E-state index in [2.05, 4.69) is 19.0 Å². The van der Waals surface area contributed by atoms with Gasteiger partial charge in [0, 0.05) is 25.7 Å². The Labute approximate surface area is 192 Å². The van der Waals surface area contributed by atoms with Gasteiger partial charge in [-0.3, -0.25) is 9.59 Å². The number of halogens is 3. The van der Waals surface area contributed by atoms with Gasteiger partial charge in [-0.15, -0.1) is 0 Å². The zero-order valence-electron chi connectivity index (χ0n) is 19.1. The quantitative estimate of drug-likeness (QED) is 0.644. The number of carbonyl (C=O) groups excluding carboxylic acids is 1. The first-order chi connectivity index (χ1) is 15.6. The molecule has 1 aliphatic heterocycles. The van der Waals surface area contributed by atoms with Crippen LogP contribution in [-0.2, 0) is 26.9 Å². The molecule has 2 saturated carbocycles. The maximum absolute atomic E-state index is 13.0. The van der Waals surface area contributed by atoms with E-state index in [1.807, 2.05) is 4.90 Å². The number of hydrogen-bond donors (Lipinski definition) is 1. The van der Waals surface area contributed by atoms with Crippen molar-refractivity contribution in [3.05, 3.63) is 35.4 Å². The molecule has 0 aromatic heterocycles. The molecule has 9 heteroatoms. The molecule has 1 amide bonds. The minimum atomic E-state index is -4.39. The number of ether oxygens (including phenoxy) is 1. The van der Waals surface area contributed by atoms with Gasteiger partial charge < -0.3 is 19.6 Å². The summed E-state index contributed by atoms with van der Waals surface area (Å²) in [6.45, 7) is 1.97. The second-order valence-corrected chi connectivity index (χ2v) is 9.62. The fourth-order valence-electron chi connectivity index (χ4n) is 5.00. The summed E-state index contributed by atoms with van der Waals surface area (Å²) in [5.41, 5.74) is -0.283. The number of hydrogen-bond acceptors (Lipinski definition) is 4. The van der Waals surface area contributed by atoms with Crippen molar-refractivity contribution < 1.29 is 32.6 Å². The number of nitrogens with zero attached hydrogens (tertiary/aromatic N) is 2. The molecule has 1 aromatic rings. The third kappa shape index (κ3) is 6.93. The van der Waals surface area contributed by atoms with Gasteiger partial charge in [-0.05, 0) is 69.2 Å². The maximum atomic E-state index is 13.0. The number of carboxylic acid groups (broad SMARTS) is 1. The van der Waals surface area contributed by atoms with Gasteiger partial charge in [0.15, 0.2) is 0 Å².